The molecule has 0 atom stereocenters. The van der Waals surface area contributed by atoms with Crippen LogP contribution in [0.2, 0.25) is 0 Å². The average molecular weight is 351 g/mol. The minimum Gasteiger partial charge on any atom is -0.354 e. The van der Waals surface area contributed by atoms with Gasteiger partial charge in [-0.15, -0.1) is 12.4 Å². The second-order valence-electron chi connectivity index (χ2n) is 3.65. The van der Waals surface area contributed by atoms with Crippen molar-refractivity contribution in [2.75, 3.05) is 19.6 Å². The van der Waals surface area contributed by atoms with Crippen molar-refractivity contribution in [2.24, 2.45) is 5.73 Å². The lowest BCUT2D eigenvalue weighted by Gasteiger charge is -2.07. The third kappa shape index (κ3) is 7.15. The first kappa shape index (κ1) is 17.9. The maximum absolute atomic E-state index is 11.7. The smallest absolute Gasteiger partial charge is 0.251 e. The molecule has 106 valence electrons. The third-order valence-corrected chi connectivity index (χ3v) is 2.68. The molecule has 4 N–H and O–H groups in total. The zero-order valence-corrected chi connectivity index (χ0v) is 12.7. The van der Waals surface area contributed by atoms with Crippen LogP contribution >= 0.6 is 28.3 Å². The molecule has 0 saturated carbocycles. The van der Waals surface area contributed by atoms with Crippen LogP contribution in [0.3, 0.4) is 0 Å². The highest BCUT2D eigenvalue weighted by Gasteiger charge is 2.05. The molecule has 0 aliphatic heterocycles. The first-order chi connectivity index (χ1) is 8.63. The normalized spacial score (nSPS) is 9.37. The van der Waals surface area contributed by atoms with Crippen molar-refractivity contribution >= 4 is 40.2 Å². The van der Waals surface area contributed by atoms with Gasteiger partial charge in [-0.3, -0.25) is 9.59 Å². The fourth-order valence-corrected chi connectivity index (χ4v) is 1.73. The fourth-order valence-electron chi connectivity index (χ4n) is 1.33. The van der Waals surface area contributed by atoms with Gasteiger partial charge in [-0.1, -0.05) is 22.0 Å². The summed E-state index contributed by atoms with van der Waals surface area (Å²) in [6.45, 7) is 1.12. The van der Waals surface area contributed by atoms with E-state index < -0.39 is 0 Å². The van der Waals surface area contributed by atoms with Crippen molar-refractivity contribution in [3.63, 3.8) is 0 Å². The van der Waals surface area contributed by atoms with Crippen LogP contribution in [-0.2, 0) is 4.79 Å². The van der Waals surface area contributed by atoms with E-state index in [0.717, 1.165) is 4.47 Å². The summed E-state index contributed by atoms with van der Waals surface area (Å²) >= 11 is 3.30. The second-order valence-corrected chi connectivity index (χ2v) is 4.57. The van der Waals surface area contributed by atoms with Crippen molar-refractivity contribution in [2.45, 2.75) is 6.42 Å². The van der Waals surface area contributed by atoms with E-state index in [2.05, 4.69) is 26.6 Å². The highest BCUT2D eigenvalue weighted by atomic mass is 79.9. The molecule has 0 radical (unpaired) electrons. The summed E-state index contributed by atoms with van der Waals surface area (Å²) in [6, 6.07) is 7.11. The summed E-state index contributed by atoms with van der Waals surface area (Å²) in [6.07, 6.45) is 0.305. The molecule has 2 amide bonds. The summed E-state index contributed by atoms with van der Waals surface area (Å²) < 4.78 is 0.853. The Kier molecular flexibility index (Phi) is 9.20. The van der Waals surface area contributed by atoms with Gasteiger partial charge in [-0.2, -0.15) is 0 Å². The van der Waals surface area contributed by atoms with Gasteiger partial charge in [0.25, 0.3) is 5.91 Å². The van der Waals surface area contributed by atoms with E-state index in [-0.39, 0.29) is 24.2 Å². The van der Waals surface area contributed by atoms with Crippen LogP contribution in [0.15, 0.2) is 28.7 Å². The van der Waals surface area contributed by atoms with Crippen molar-refractivity contribution in [3.05, 3.63) is 34.3 Å². The number of halogens is 2. The van der Waals surface area contributed by atoms with Crippen LogP contribution in [0.5, 0.6) is 0 Å². The maximum atomic E-state index is 11.7. The first-order valence-electron chi connectivity index (χ1n) is 5.64. The lowest BCUT2D eigenvalue weighted by Crippen LogP contribution is -2.35. The quantitative estimate of drug-likeness (QED) is 0.671. The summed E-state index contributed by atoms with van der Waals surface area (Å²) in [7, 11) is 0. The average Bonchev–Trinajstić information content (AvgIpc) is 2.35. The van der Waals surface area contributed by atoms with Gasteiger partial charge in [-0.05, 0) is 18.2 Å². The molecule has 1 aromatic carbocycles. The lowest BCUT2D eigenvalue weighted by molar-refractivity contribution is -0.120. The van der Waals surface area contributed by atoms with Crippen molar-refractivity contribution in [1.29, 1.82) is 0 Å². The van der Waals surface area contributed by atoms with E-state index in [4.69, 9.17) is 5.73 Å². The van der Waals surface area contributed by atoms with Crippen molar-refractivity contribution in [3.8, 4) is 0 Å². The lowest BCUT2D eigenvalue weighted by atomic mass is 10.2. The zero-order chi connectivity index (χ0) is 13.4. The molecule has 0 bridgehead atoms. The van der Waals surface area contributed by atoms with E-state index >= 15 is 0 Å². The van der Waals surface area contributed by atoms with E-state index in [1.165, 1.54) is 0 Å². The molecule has 0 heterocycles. The number of carbonyl (C=O) groups is 2. The SMILES string of the molecule is Cl.NCCC(=O)NCCNC(=O)c1cccc(Br)c1. The number of hydrogen-bond donors (Lipinski definition) is 3. The van der Waals surface area contributed by atoms with Crippen molar-refractivity contribution in [1.82, 2.24) is 10.6 Å². The van der Waals surface area contributed by atoms with Crippen LogP contribution in [0.1, 0.15) is 16.8 Å². The molecule has 7 heteroatoms. The number of hydrogen-bond acceptors (Lipinski definition) is 3. The second kappa shape index (κ2) is 9.77. The Balaban J connectivity index is 0.00000324. The van der Waals surface area contributed by atoms with Crippen LogP contribution in [0.4, 0.5) is 0 Å². The summed E-state index contributed by atoms with van der Waals surface area (Å²) in [5.41, 5.74) is 5.82. The molecule has 0 saturated heterocycles. The van der Waals surface area contributed by atoms with Crippen LogP contribution in [0, 0.1) is 0 Å². The molecule has 1 rings (SSSR count). The van der Waals surface area contributed by atoms with Crippen LogP contribution < -0.4 is 16.4 Å². The Labute approximate surface area is 126 Å². The predicted molar refractivity (Wildman–Crippen MR) is 80.4 cm³/mol. The number of nitrogens with one attached hydrogen (secondary N) is 2. The topological polar surface area (TPSA) is 84.2 Å². The Morgan fingerprint density at radius 2 is 1.89 bits per heavy atom. The molecule has 0 aromatic heterocycles. The Bertz CT molecular complexity index is 429. The fraction of sp³-hybridized carbons (Fsp3) is 0.333. The monoisotopic (exact) mass is 349 g/mol. The summed E-state index contributed by atoms with van der Waals surface area (Å²) in [4.78, 5) is 22.8. The van der Waals surface area contributed by atoms with E-state index in [0.29, 0.717) is 31.6 Å². The van der Waals surface area contributed by atoms with Crippen LogP contribution in [0.25, 0.3) is 0 Å². The number of benzene rings is 1. The van der Waals surface area contributed by atoms with Gasteiger partial charge < -0.3 is 16.4 Å². The zero-order valence-electron chi connectivity index (χ0n) is 10.3. The van der Waals surface area contributed by atoms with Gasteiger partial charge in [0.05, 0.1) is 0 Å². The van der Waals surface area contributed by atoms with Gasteiger partial charge in [0, 0.05) is 36.1 Å². The predicted octanol–water partition coefficient (Wildman–Crippen LogP) is 1.07. The molecular formula is C12H17BrClN3O2. The molecular weight excluding hydrogens is 334 g/mol. The first-order valence-corrected chi connectivity index (χ1v) is 6.43. The number of carbonyl (C=O) groups excluding carboxylic acids is 2. The molecule has 0 aliphatic rings. The van der Waals surface area contributed by atoms with E-state index in [9.17, 15) is 9.59 Å². The number of amides is 2. The Morgan fingerprint density at radius 3 is 2.53 bits per heavy atom. The molecule has 19 heavy (non-hydrogen) atoms. The molecule has 0 aliphatic carbocycles. The highest BCUT2D eigenvalue weighted by Crippen LogP contribution is 2.11. The maximum Gasteiger partial charge on any atom is 0.251 e. The minimum absolute atomic E-state index is 0. The molecule has 0 spiro atoms. The van der Waals surface area contributed by atoms with Crippen molar-refractivity contribution < 1.29 is 9.59 Å². The third-order valence-electron chi connectivity index (χ3n) is 2.19. The number of nitrogens with two attached hydrogens (primary N) is 1. The highest BCUT2D eigenvalue weighted by molar-refractivity contribution is 9.10. The van der Waals surface area contributed by atoms with Gasteiger partial charge >= 0.3 is 0 Å². The van der Waals surface area contributed by atoms with Gasteiger partial charge in [-0.25, -0.2) is 0 Å². The van der Waals surface area contributed by atoms with E-state index in [1.807, 2.05) is 6.07 Å². The molecule has 0 fully saturated rings. The van der Waals surface area contributed by atoms with Gasteiger partial charge in [0.1, 0.15) is 0 Å². The van der Waals surface area contributed by atoms with E-state index in [1.54, 1.807) is 18.2 Å². The van der Waals surface area contributed by atoms with Crippen LogP contribution in [-0.4, -0.2) is 31.4 Å². The number of rotatable bonds is 6. The standard InChI is InChI=1S/C12H16BrN3O2.ClH/c13-10-3-1-2-9(8-10)12(18)16-7-6-15-11(17)4-5-14;/h1-3,8H,4-7,14H2,(H,15,17)(H,16,18);1H. The Morgan fingerprint density at radius 1 is 1.21 bits per heavy atom. The van der Waals surface area contributed by atoms with Gasteiger partial charge in [0.15, 0.2) is 0 Å². The largest absolute Gasteiger partial charge is 0.354 e. The molecule has 0 unspecified atom stereocenters. The molecule has 5 nitrogen and oxygen atoms in total. The molecule has 1 aromatic rings. The summed E-state index contributed by atoms with van der Waals surface area (Å²) in [5.74, 6) is -0.265. The minimum atomic E-state index is -0.163. The van der Waals surface area contributed by atoms with Gasteiger partial charge in [0.2, 0.25) is 5.91 Å². The summed E-state index contributed by atoms with van der Waals surface area (Å²) in [5, 5.41) is 5.38. The Hall–Kier alpha value is -1.11.